The first-order valence-corrected chi connectivity index (χ1v) is 7.89. The van der Waals surface area contributed by atoms with Crippen molar-refractivity contribution in [2.75, 3.05) is 19.7 Å². The average molecular weight is 285 g/mol. The van der Waals surface area contributed by atoms with Crippen molar-refractivity contribution in [2.24, 2.45) is 0 Å². The summed E-state index contributed by atoms with van der Waals surface area (Å²) in [6, 6.07) is 5.60. The van der Waals surface area contributed by atoms with Gasteiger partial charge in [-0.3, -0.25) is 0 Å². The molecule has 0 saturated carbocycles. The number of ether oxygens (including phenoxy) is 1. The summed E-state index contributed by atoms with van der Waals surface area (Å²) < 4.78 is 31.8. The smallest absolute Gasteiger partial charge is 0.243 e. The van der Waals surface area contributed by atoms with Crippen molar-refractivity contribution in [3.63, 3.8) is 0 Å². The first-order valence-electron chi connectivity index (χ1n) is 6.45. The highest BCUT2D eigenvalue weighted by Gasteiger charge is 2.27. The van der Waals surface area contributed by atoms with Gasteiger partial charge >= 0.3 is 0 Å². The van der Waals surface area contributed by atoms with Crippen molar-refractivity contribution < 1.29 is 18.3 Å². The second kappa shape index (κ2) is 5.90. The Morgan fingerprint density at radius 3 is 2.58 bits per heavy atom. The lowest BCUT2D eigenvalue weighted by Gasteiger charge is -2.23. The summed E-state index contributed by atoms with van der Waals surface area (Å²) >= 11 is 0. The maximum atomic E-state index is 12.5. The maximum Gasteiger partial charge on any atom is 0.243 e. The van der Waals surface area contributed by atoms with Crippen LogP contribution < -0.4 is 0 Å². The van der Waals surface area contributed by atoms with Gasteiger partial charge < -0.3 is 9.84 Å². The Balaban J connectivity index is 2.17. The molecule has 1 aliphatic rings. The minimum absolute atomic E-state index is 0.00756. The molecule has 1 fully saturated rings. The Labute approximate surface area is 113 Å². The molecule has 0 amide bonds. The third-order valence-corrected chi connectivity index (χ3v) is 5.21. The molecule has 0 spiro atoms. The predicted molar refractivity (Wildman–Crippen MR) is 71.5 cm³/mol. The molecule has 0 radical (unpaired) electrons. The molecule has 2 rings (SSSR count). The Morgan fingerprint density at radius 1 is 1.37 bits per heavy atom. The molecule has 6 heteroatoms. The van der Waals surface area contributed by atoms with Gasteiger partial charge in [0.2, 0.25) is 10.0 Å². The summed E-state index contributed by atoms with van der Waals surface area (Å²) in [7, 11) is -3.51. The van der Waals surface area contributed by atoms with Gasteiger partial charge in [-0.2, -0.15) is 4.31 Å². The van der Waals surface area contributed by atoms with Gasteiger partial charge in [-0.15, -0.1) is 0 Å². The van der Waals surface area contributed by atoms with Crippen LogP contribution in [0.1, 0.15) is 19.8 Å². The minimum Gasteiger partial charge on any atom is -0.508 e. The van der Waals surface area contributed by atoms with Gasteiger partial charge in [-0.25, -0.2) is 8.42 Å². The van der Waals surface area contributed by atoms with E-state index >= 15 is 0 Å². The normalized spacial score (nSPS) is 20.0. The number of aromatic hydroxyl groups is 1. The average Bonchev–Trinajstić information content (AvgIpc) is 2.89. The molecule has 1 N–H and O–H groups in total. The van der Waals surface area contributed by atoms with Gasteiger partial charge in [0.15, 0.2) is 0 Å². The first kappa shape index (κ1) is 14.3. The fraction of sp³-hybridized carbons (Fsp3) is 0.538. The highest BCUT2D eigenvalue weighted by Crippen LogP contribution is 2.21. The highest BCUT2D eigenvalue weighted by atomic mass is 32.2. The zero-order valence-electron chi connectivity index (χ0n) is 10.9. The van der Waals surface area contributed by atoms with Crippen molar-refractivity contribution >= 4 is 10.0 Å². The number of benzene rings is 1. The Kier molecular flexibility index (Phi) is 4.44. The third-order valence-electron chi connectivity index (χ3n) is 3.26. The molecular formula is C13H19NO4S. The van der Waals surface area contributed by atoms with Crippen molar-refractivity contribution in [1.82, 2.24) is 4.31 Å². The van der Waals surface area contributed by atoms with E-state index in [0.29, 0.717) is 19.7 Å². The van der Waals surface area contributed by atoms with Crippen LogP contribution in [0.25, 0.3) is 0 Å². The number of likely N-dealkylation sites (N-methyl/N-ethyl adjacent to an activating group) is 1. The van der Waals surface area contributed by atoms with Crippen LogP contribution in [0.4, 0.5) is 0 Å². The van der Waals surface area contributed by atoms with E-state index in [1.54, 1.807) is 0 Å². The molecule has 19 heavy (non-hydrogen) atoms. The van der Waals surface area contributed by atoms with E-state index in [0.717, 1.165) is 12.8 Å². The molecule has 1 saturated heterocycles. The van der Waals surface area contributed by atoms with Crippen LogP contribution in [0.15, 0.2) is 29.2 Å². The second-order valence-electron chi connectivity index (χ2n) is 4.58. The zero-order chi connectivity index (χ0) is 13.9. The molecule has 0 aliphatic carbocycles. The van der Waals surface area contributed by atoms with E-state index in [9.17, 15) is 13.5 Å². The number of sulfonamides is 1. The second-order valence-corrected chi connectivity index (χ2v) is 6.52. The number of nitrogens with zero attached hydrogens (tertiary/aromatic N) is 1. The van der Waals surface area contributed by atoms with E-state index in [-0.39, 0.29) is 16.7 Å². The molecule has 5 nitrogen and oxygen atoms in total. The van der Waals surface area contributed by atoms with Crippen LogP contribution in [0.3, 0.4) is 0 Å². The van der Waals surface area contributed by atoms with Crippen LogP contribution in [0.2, 0.25) is 0 Å². The first-order chi connectivity index (χ1) is 9.04. The van der Waals surface area contributed by atoms with Gasteiger partial charge in [-0.05, 0) is 37.1 Å². The molecule has 1 heterocycles. The van der Waals surface area contributed by atoms with E-state index in [2.05, 4.69) is 0 Å². The van der Waals surface area contributed by atoms with Gasteiger partial charge in [0.05, 0.1) is 11.0 Å². The van der Waals surface area contributed by atoms with E-state index < -0.39 is 10.0 Å². The van der Waals surface area contributed by atoms with Gasteiger partial charge in [0, 0.05) is 19.7 Å². The topological polar surface area (TPSA) is 66.8 Å². The molecule has 0 aromatic heterocycles. The van der Waals surface area contributed by atoms with Crippen molar-refractivity contribution in [2.45, 2.75) is 30.8 Å². The number of hydrogen-bond donors (Lipinski definition) is 1. The molecule has 1 aromatic carbocycles. The van der Waals surface area contributed by atoms with Crippen LogP contribution in [-0.2, 0) is 14.8 Å². The Morgan fingerprint density at radius 2 is 2.05 bits per heavy atom. The largest absolute Gasteiger partial charge is 0.508 e. The molecule has 1 atom stereocenters. The van der Waals surface area contributed by atoms with Crippen molar-refractivity contribution in [3.8, 4) is 5.75 Å². The summed E-state index contributed by atoms with van der Waals surface area (Å²) in [5.41, 5.74) is 0. The molecule has 1 unspecified atom stereocenters. The minimum atomic E-state index is -3.51. The van der Waals surface area contributed by atoms with Gasteiger partial charge in [0.25, 0.3) is 0 Å². The fourth-order valence-electron chi connectivity index (χ4n) is 2.18. The van der Waals surface area contributed by atoms with Crippen LogP contribution in [-0.4, -0.2) is 43.6 Å². The van der Waals surface area contributed by atoms with Crippen LogP contribution >= 0.6 is 0 Å². The number of phenolic OH excluding ortho intramolecular Hbond substituents is 1. The monoisotopic (exact) mass is 285 g/mol. The van der Waals surface area contributed by atoms with E-state index in [1.807, 2.05) is 6.92 Å². The number of hydrogen-bond acceptors (Lipinski definition) is 4. The molecule has 1 aliphatic heterocycles. The summed E-state index contributed by atoms with van der Waals surface area (Å²) in [4.78, 5) is 0.199. The lowest BCUT2D eigenvalue weighted by molar-refractivity contribution is 0.0947. The molecule has 1 aromatic rings. The lowest BCUT2D eigenvalue weighted by atomic mass is 10.2. The predicted octanol–water partition coefficient (Wildman–Crippen LogP) is 1.58. The molecule has 106 valence electrons. The van der Waals surface area contributed by atoms with E-state index in [4.69, 9.17) is 4.74 Å². The highest BCUT2D eigenvalue weighted by molar-refractivity contribution is 7.89. The Bertz CT molecular complexity index is 506. The van der Waals surface area contributed by atoms with E-state index in [1.165, 1.54) is 28.6 Å². The fourth-order valence-corrected chi connectivity index (χ4v) is 3.66. The maximum absolute atomic E-state index is 12.5. The molecular weight excluding hydrogens is 266 g/mol. The number of rotatable bonds is 5. The van der Waals surface area contributed by atoms with Gasteiger partial charge in [-0.1, -0.05) is 6.92 Å². The quantitative estimate of drug-likeness (QED) is 0.892. The van der Waals surface area contributed by atoms with Gasteiger partial charge in [0.1, 0.15) is 5.75 Å². The summed E-state index contributed by atoms with van der Waals surface area (Å²) in [5, 5.41) is 9.22. The Hall–Kier alpha value is -1.11. The molecule has 0 bridgehead atoms. The van der Waals surface area contributed by atoms with Crippen LogP contribution in [0, 0.1) is 0 Å². The van der Waals surface area contributed by atoms with Crippen molar-refractivity contribution in [3.05, 3.63) is 24.3 Å². The summed E-state index contributed by atoms with van der Waals surface area (Å²) in [6.07, 6.45) is 1.88. The standard InChI is InChI=1S/C13H19NO4S/c1-2-14(10-12-4-3-9-18-12)19(16,17)13-7-5-11(15)6-8-13/h5-8,12,15H,2-4,9-10H2,1H3. The lowest BCUT2D eigenvalue weighted by Crippen LogP contribution is -2.37. The zero-order valence-corrected chi connectivity index (χ0v) is 11.8. The summed E-state index contributed by atoms with van der Waals surface area (Å²) in [5.74, 6) is 0.0566. The summed E-state index contributed by atoms with van der Waals surface area (Å²) in [6.45, 7) is 3.32. The SMILES string of the molecule is CCN(CC1CCCO1)S(=O)(=O)c1ccc(O)cc1. The third kappa shape index (κ3) is 3.26. The number of phenols is 1. The van der Waals surface area contributed by atoms with Crippen LogP contribution in [0.5, 0.6) is 5.75 Å². The van der Waals surface area contributed by atoms with Crippen molar-refractivity contribution in [1.29, 1.82) is 0 Å².